The minimum absolute atomic E-state index is 0.00597. The molecule has 0 aromatic rings. The molecule has 2 rings (SSSR count). The van der Waals surface area contributed by atoms with Crippen LogP contribution in [0.3, 0.4) is 0 Å². The van der Waals surface area contributed by atoms with E-state index in [1.54, 1.807) is 11.8 Å². The molecule has 2 fully saturated rings. The van der Waals surface area contributed by atoms with Crippen LogP contribution >= 0.6 is 11.8 Å². The Labute approximate surface area is 88.1 Å². The number of aliphatic hydroxyl groups is 1. The Hall–Kier alpha value is 0.190. The SMILES string of the molecule is CC1(C)OC2CS[C@@H](C(O)CN)C2O1. The van der Waals surface area contributed by atoms with Crippen LogP contribution in [0.1, 0.15) is 13.8 Å². The van der Waals surface area contributed by atoms with Crippen molar-refractivity contribution >= 4 is 11.8 Å². The van der Waals surface area contributed by atoms with E-state index < -0.39 is 11.9 Å². The average molecular weight is 219 g/mol. The highest BCUT2D eigenvalue weighted by Crippen LogP contribution is 2.42. The van der Waals surface area contributed by atoms with E-state index in [0.717, 1.165) is 5.75 Å². The van der Waals surface area contributed by atoms with Gasteiger partial charge in [0.05, 0.1) is 17.5 Å². The standard InChI is InChI=1S/C9H17NO3S/c1-9(2)12-6-4-14-8(5(11)3-10)7(6)13-9/h5-8,11H,3-4,10H2,1-2H3/t5?,6?,7?,8-/m0/s1. The Morgan fingerprint density at radius 2 is 2.29 bits per heavy atom. The van der Waals surface area contributed by atoms with Crippen LogP contribution in [0.2, 0.25) is 0 Å². The molecular weight excluding hydrogens is 202 g/mol. The van der Waals surface area contributed by atoms with Crippen molar-refractivity contribution in [2.75, 3.05) is 12.3 Å². The maximum absolute atomic E-state index is 9.69. The molecule has 0 aromatic carbocycles. The van der Waals surface area contributed by atoms with E-state index in [0.29, 0.717) is 0 Å². The zero-order valence-corrected chi connectivity index (χ0v) is 9.29. The summed E-state index contributed by atoms with van der Waals surface area (Å²) in [6, 6.07) is 0. The first-order valence-electron chi connectivity index (χ1n) is 4.89. The van der Waals surface area contributed by atoms with E-state index in [1.165, 1.54) is 0 Å². The molecule has 0 saturated carbocycles. The van der Waals surface area contributed by atoms with Crippen LogP contribution in [0.4, 0.5) is 0 Å². The summed E-state index contributed by atoms with van der Waals surface area (Å²) in [6.07, 6.45) is -0.387. The van der Waals surface area contributed by atoms with Crippen LogP contribution in [0, 0.1) is 0 Å². The average Bonchev–Trinajstić information content (AvgIpc) is 2.58. The van der Waals surface area contributed by atoms with Gasteiger partial charge < -0.3 is 20.3 Å². The van der Waals surface area contributed by atoms with E-state index >= 15 is 0 Å². The first-order valence-corrected chi connectivity index (χ1v) is 5.94. The Morgan fingerprint density at radius 3 is 2.93 bits per heavy atom. The molecule has 5 heteroatoms. The zero-order chi connectivity index (χ0) is 10.3. The summed E-state index contributed by atoms with van der Waals surface area (Å²) in [5.74, 6) is 0.374. The fraction of sp³-hybridized carbons (Fsp3) is 1.00. The highest BCUT2D eigenvalue weighted by Gasteiger charge is 2.51. The van der Waals surface area contributed by atoms with Gasteiger partial charge in [-0.2, -0.15) is 11.8 Å². The van der Waals surface area contributed by atoms with Crippen molar-refractivity contribution in [3.8, 4) is 0 Å². The predicted octanol–water partition coefficient (Wildman–Crippen LogP) is -0.0585. The number of rotatable bonds is 2. The molecule has 0 aromatic heterocycles. The lowest BCUT2D eigenvalue weighted by Gasteiger charge is -2.23. The van der Waals surface area contributed by atoms with Crippen molar-refractivity contribution in [3.05, 3.63) is 0 Å². The van der Waals surface area contributed by atoms with Gasteiger partial charge in [0.25, 0.3) is 0 Å². The Kier molecular flexibility index (Phi) is 2.79. The van der Waals surface area contributed by atoms with Crippen LogP contribution in [0.15, 0.2) is 0 Å². The lowest BCUT2D eigenvalue weighted by atomic mass is 10.1. The maximum Gasteiger partial charge on any atom is 0.163 e. The van der Waals surface area contributed by atoms with E-state index in [2.05, 4.69) is 0 Å². The van der Waals surface area contributed by atoms with Crippen LogP contribution in [0.25, 0.3) is 0 Å². The first-order chi connectivity index (χ1) is 6.53. The Balaban J connectivity index is 2.04. The van der Waals surface area contributed by atoms with Gasteiger partial charge in [0.1, 0.15) is 6.10 Å². The van der Waals surface area contributed by atoms with Crippen molar-refractivity contribution in [3.63, 3.8) is 0 Å². The van der Waals surface area contributed by atoms with Gasteiger partial charge in [-0.3, -0.25) is 0 Å². The van der Waals surface area contributed by atoms with Crippen LogP contribution in [-0.2, 0) is 9.47 Å². The number of hydrogen-bond acceptors (Lipinski definition) is 5. The Bertz CT molecular complexity index is 224. The van der Waals surface area contributed by atoms with Gasteiger partial charge in [-0.15, -0.1) is 0 Å². The lowest BCUT2D eigenvalue weighted by molar-refractivity contribution is -0.147. The zero-order valence-electron chi connectivity index (χ0n) is 8.47. The molecule has 2 aliphatic heterocycles. The quantitative estimate of drug-likeness (QED) is 0.681. The van der Waals surface area contributed by atoms with Crippen LogP contribution in [0.5, 0.6) is 0 Å². The largest absolute Gasteiger partial charge is 0.391 e. The van der Waals surface area contributed by atoms with Gasteiger partial charge in [0, 0.05) is 12.3 Å². The third-order valence-electron chi connectivity index (χ3n) is 2.62. The third-order valence-corrected chi connectivity index (χ3v) is 4.11. The van der Waals surface area contributed by atoms with Crippen molar-refractivity contribution in [2.45, 2.75) is 43.2 Å². The molecule has 2 aliphatic rings. The summed E-state index contributed by atoms with van der Waals surface area (Å²) in [5, 5.41) is 9.76. The third kappa shape index (κ3) is 1.79. The summed E-state index contributed by atoms with van der Waals surface area (Å²) in [6.45, 7) is 4.09. The van der Waals surface area contributed by atoms with Crippen molar-refractivity contribution in [2.24, 2.45) is 5.73 Å². The fourth-order valence-corrected chi connectivity index (χ4v) is 3.46. The van der Waals surface area contributed by atoms with Crippen molar-refractivity contribution in [1.29, 1.82) is 0 Å². The van der Waals surface area contributed by atoms with E-state index in [1.807, 2.05) is 13.8 Å². The highest BCUT2D eigenvalue weighted by molar-refractivity contribution is 8.00. The topological polar surface area (TPSA) is 64.7 Å². The van der Waals surface area contributed by atoms with Gasteiger partial charge in [0.2, 0.25) is 0 Å². The molecule has 0 bridgehead atoms. The molecule has 0 radical (unpaired) electrons. The summed E-state index contributed by atoms with van der Waals surface area (Å²) in [7, 11) is 0. The number of fused-ring (bicyclic) bond motifs is 1. The summed E-state index contributed by atoms with van der Waals surface area (Å²) >= 11 is 1.69. The number of nitrogens with two attached hydrogens (primary N) is 1. The monoisotopic (exact) mass is 219 g/mol. The molecule has 3 N–H and O–H groups in total. The van der Waals surface area contributed by atoms with Crippen LogP contribution < -0.4 is 5.73 Å². The number of hydrogen-bond donors (Lipinski definition) is 2. The molecule has 82 valence electrons. The molecule has 0 spiro atoms. The lowest BCUT2D eigenvalue weighted by Crippen LogP contribution is -2.40. The molecule has 14 heavy (non-hydrogen) atoms. The van der Waals surface area contributed by atoms with Crippen molar-refractivity contribution in [1.82, 2.24) is 0 Å². The van der Waals surface area contributed by atoms with Gasteiger partial charge >= 0.3 is 0 Å². The molecule has 2 heterocycles. The summed E-state index contributed by atoms with van der Waals surface area (Å²) in [5.41, 5.74) is 5.44. The van der Waals surface area contributed by atoms with Gasteiger partial charge in [-0.05, 0) is 13.8 Å². The summed E-state index contributed by atoms with van der Waals surface area (Å²) in [4.78, 5) is 0. The molecule has 0 amide bonds. The second-order valence-electron chi connectivity index (χ2n) is 4.24. The molecular formula is C9H17NO3S. The molecule has 4 nitrogen and oxygen atoms in total. The normalized spacial score (nSPS) is 42.4. The second kappa shape index (κ2) is 3.64. The second-order valence-corrected chi connectivity index (χ2v) is 5.45. The van der Waals surface area contributed by atoms with Crippen LogP contribution in [-0.4, -0.2) is 46.8 Å². The van der Waals surface area contributed by atoms with Gasteiger partial charge in [-0.1, -0.05) is 0 Å². The fourth-order valence-electron chi connectivity index (χ4n) is 2.04. The van der Waals surface area contributed by atoms with Gasteiger partial charge in [0.15, 0.2) is 5.79 Å². The number of ether oxygens (including phenoxy) is 2. The minimum Gasteiger partial charge on any atom is -0.391 e. The predicted molar refractivity (Wildman–Crippen MR) is 55.1 cm³/mol. The number of thioether (sulfide) groups is 1. The van der Waals surface area contributed by atoms with E-state index in [9.17, 15) is 5.11 Å². The molecule has 3 unspecified atom stereocenters. The van der Waals surface area contributed by atoms with E-state index in [4.69, 9.17) is 15.2 Å². The molecule has 0 aliphatic carbocycles. The van der Waals surface area contributed by atoms with Crippen molar-refractivity contribution < 1.29 is 14.6 Å². The Morgan fingerprint density at radius 1 is 1.57 bits per heavy atom. The highest BCUT2D eigenvalue weighted by atomic mass is 32.2. The molecule has 2 saturated heterocycles. The van der Waals surface area contributed by atoms with Gasteiger partial charge in [-0.25, -0.2) is 0 Å². The first kappa shape index (κ1) is 10.7. The smallest absolute Gasteiger partial charge is 0.163 e. The summed E-state index contributed by atoms with van der Waals surface area (Å²) < 4.78 is 11.5. The number of aliphatic hydroxyl groups excluding tert-OH is 1. The minimum atomic E-state index is -0.511. The molecule has 4 atom stereocenters. The van der Waals surface area contributed by atoms with E-state index in [-0.39, 0.29) is 24.0 Å². The maximum atomic E-state index is 9.69.